The van der Waals surface area contributed by atoms with E-state index in [9.17, 15) is 4.79 Å². The summed E-state index contributed by atoms with van der Waals surface area (Å²) < 4.78 is 166. The maximum Gasteiger partial charge on any atom is 0.410 e. The zero-order valence-corrected chi connectivity index (χ0v) is 79.7. The Bertz CT molecular complexity index is 3360. The summed E-state index contributed by atoms with van der Waals surface area (Å²) in [6.07, 6.45) is 6.06. The Hall–Kier alpha value is -6.55. The van der Waals surface area contributed by atoms with Gasteiger partial charge in [0.1, 0.15) is 45.5 Å². The first-order valence-corrected chi connectivity index (χ1v) is 46.2. The number of rotatable bonds is 90. The monoisotopic (exact) mass is 1860 g/mol. The Labute approximate surface area is 770 Å². The SMILES string of the molecule is CCCCc1nc2c(N(Cc3ccc(OC)cc3OC)Cc3ccc(OC)cc3OC)nnc(OC(C)C)c2n1C[C@H]1CC[C@H](CN(CCOCCOCCOCCOCCOCCOCCOCCOCCOCCOCCOCCOCCOCCOCCOCCOCCOCCOCCOCCOCCOCCOCCOCCN=[N+]=[N-])C(=O)OC(C)(C)C)CC1. The van der Waals surface area contributed by atoms with E-state index in [1.54, 1.807) is 28.4 Å². The van der Waals surface area contributed by atoms with E-state index in [-0.39, 0.29) is 18.1 Å². The minimum absolute atomic E-state index is 0.164. The highest BCUT2D eigenvalue weighted by Gasteiger charge is 2.32. The van der Waals surface area contributed by atoms with E-state index >= 15 is 0 Å². The molecule has 1 aliphatic rings. The molecule has 746 valence electrons. The van der Waals surface area contributed by atoms with Crippen LogP contribution in [0.5, 0.6) is 28.9 Å². The maximum absolute atomic E-state index is 13.7. The van der Waals surface area contributed by atoms with Crippen LogP contribution in [0.2, 0.25) is 0 Å². The molecule has 1 aliphatic carbocycles. The van der Waals surface area contributed by atoms with Crippen LogP contribution < -0.4 is 28.6 Å². The standard InChI is InChI=1S/C91H157N9O30/c1-11-12-13-85-94-86-87(89(129-76(2)3)96-95-88(86)99(74-79-18-20-81(102-7)70-83(79)104-9)75-80-19-21-82(103-8)71-84(80)105-10)100(85)73-78-16-14-77(15-17-78)72-98(90(101)130-91(4,5)6)23-25-107-27-29-109-31-33-111-35-37-113-39-41-115-43-45-117-47-49-119-51-53-121-55-57-123-59-61-125-63-65-127-67-69-128-68-66-126-64-62-124-60-58-122-56-54-120-52-50-118-48-46-116-44-42-114-40-38-112-36-34-110-32-30-108-28-26-106-24-22-93-97-92/h18-21,70-71,76-78H,11-17,22-69,72-75H2,1-10H3/t77-,78-. The maximum atomic E-state index is 13.7. The number of anilines is 1. The average Bonchev–Trinajstić information content (AvgIpc) is 1.59. The van der Waals surface area contributed by atoms with Crippen LogP contribution in [0.4, 0.5) is 10.6 Å². The zero-order valence-electron chi connectivity index (χ0n) is 79.7. The van der Waals surface area contributed by atoms with Gasteiger partial charge in [0.2, 0.25) is 0 Å². The molecule has 2 heterocycles. The average molecular weight is 1860 g/mol. The van der Waals surface area contributed by atoms with Crippen molar-refractivity contribution in [2.45, 2.75) is 118 Å². The van der Waals surface area contributed by atoms with Gasteiger partial charge in [-0.3, -0.25) is 0 Å². The van der Waals surface area contributed by atoms with Crippen molar-refractivity contribution >= 4 is 22.9 Å². The van der Waals surface area contributed by atoms with Gasteiger partial charge in [0, 0.05) is 73.9 Å². The third-order valence-electron chi connectivity index (χ3n) is 19.4. The minimum Gasteiger partial charge on any atom is -0.497 e. The fourth-order valence-electron chi connectivity index (χ4n) is 12.9. The lowest BCUT2D eigenvalue weighted by atomic mass is 9.81. The molecule has 1 fully saturated rings. The highest BCUT2D eigenvalue weighted by atomic mass is 16.6. The Morgan fingerprint density at radius 3 is 1.05 bits per heavy atom. The Morgan fingerprint density at radius 2 is 0.762 bits per heavy atom. The lowest BCUT2D eigenvalue weighted by Crippen LogP contribution is -2.42. The van der Waals surface area contributed by atoms with E-state index in [0.717, 1.165) is 74.0 Å². The number of azide groups is 1. The molecule has 0 atom stereocenters. The van der Waals surface area contributed by atoms with Gasteiger partial charge in [0.25, 0.3) is 5.88 Å². The molecule has 0 N–H and O–H groups in total. The Balaban J connectivity index is 0.753. The largest absolute Gasteiger partial charge is 0.497 e. The number of fused-ring (bicyclic) bond motifs is 1. The number of carbonyl (C=O) groups excluding carboxylic acids is 1. The number of hydrogen-bond donors (Lipinski definition) is 0. The number of carbonyl (C=O) groups is 1. The quantitative estimate of drug-likeness (QED) is 0.0172. The minimum atomic E-state index is -0.650. The number of amides is 1. The predicted molar refractivity (Wildman–Crippen MR) is 485 cm³/mol. The lowest BCUT2D eigenvalue weighted by Gasteiger charge is -2.34. The fourth-order valence-corrected chi connectivity index (χ4v) is 12.9. The summed E-state index contributed by atoms with van der Waals surface area (Å²) in [6, 6.07) is 11.7. The molecular weight excluding hydrogens is 1700 g/mol. The molecule has 0 aliphatic heterocycles. The molecular formula is C91H157N9O30. The fraction of sp³-hybridized carbons (Fsp3) is 0.802. The highest BCUT2D eigenvalue weighted by molar-refractivity contribution is 5.90. The van der Waals surface area contributed by atoms with Crippen LogP contribution in [0.25, 0.3) is 21.5 Å². The molecule has 130 heavy (non-hydrogen) atoms. The molecule has 1 saturated carbocycles. The van der Waals surface area contributed by atoms with Gasteiger partial charge in [-0.2, -0.15) is 0 Å². The van der Waals surface area contributed by atoms with Crippen LogP contribution in [0.3, 0.4) is 0 Å². The van der Waals surface area contributed by atoms with Crippen LogP contribution >= 0.6 is 0 Å². The summed E-state index contributed by atoms with van der Waals surface area (Å²) in [4.78, 5) is 25.9. The number of nitrogens with zero attached hydrogens (tertiary/aromatic N) is 9. The first kappa shape index (κ1) is 114. The van der Waals surface area contributed by atoms with Crippen molar-refractivity contribution in [3.05, 3.63) is 63.8 Å². The van der Waals surface area contributed by atoms with Crippen LogP contribution in [0.15, 0.2) is 41.5 Å². The highest BCUT2D eigenvalue weighted by Crippen LogP contribution is 2.39. The van der Waals surface area contributed by atoms with Gasteiger partial charge in [0.15, 0.2) is 5.82 Å². The number of ether oxygens (including phenoxy) is 29. The number of methoxy groups -OCH3 is 4. The smallest absolute Gasteiger partial charge is 0.410 e. The normalized spacial score (nSPS) is 13.5. The molecule has 39 heteroatoms. The third-order valence-corrected chi connectivity index (χ3v) is 19.4. The summed E-state index contributed by atoms with van der Waals surface area (Å²) in [5.74, 6) is 5.38. The molecule has 0 unspecified atom stereocenters. The second-order valence-electron chi connectivity index (χ2n) is 31.0. The van der Waals surface area contributed by atoms with Gasteiger partial charge in [0.05, 0.1) is 338 Å². The van der Waals surface area contributed by atoms with Gasteiger partial charge in [-0.1, -0.05) is 18.5 Å². The molecule has 1 amide bonds. The van der Waals surface area contributed by atoms with Gasteiger partial charge in [-0.15, -0.1) is 10.2 Å². The molecule has 0 radical (unpaired) electrons. The molecule has 5 rings (SSSR count). The topological polar surface area (TPSA) is 384 Å². The predicted octanol–water partition coefficient (Wildman–Crippen LogP) is 9.93. The third kappa shape index (κ3) is 56.0. The van der Waals surface area contributed by atoms with E-state index < -0.39 is 5.60 Å². The van der Waals surface area contributed by atoms with E-state index in [4.69, 9.17) is 158 Å². The second-order valence-corrected chi connectivity index (χ2v) is 31.0. The van der Waals surface area contributed by atoms with Crippen molar-refractivity contribution < 1.29 is 142 Å². The number of imidazole rings is 1. The van der Waals surface area contributed by atoms with Gasteiger partial charge in [-0.25, -0.2) is 9.78 Å². The summed E-state index contributed by atoms with van der Waals surface area (Å²) in [5.41, 5.74) is 10.9. The van der Waals surface area contributed by atoms with E-state index in [2.05, 4.69) is 26.4 Å². The van der Waals surface area contributed by atoms with Crippen molar-refractivity contribution in [3.8, 4) is 28.9 Å². The zero-order chi connectivity index (χ0) is 92.9. The van der Waals surface area contributed by atoms with Gasteiger partial charge in [-0.05, 0) is 108 Å². The first-order valence-electron chi connectivity index (χ1n) is 46.2. The van der Waals surface area contributed by atoms with Crippen molar-refractivity contribution in [2.24, 2.45) is 17.0 Å². The number of aryl methyl sites for hydroxylation is 1. The van der Waals surface area contributed by atoms with Crippen molar-refractivity contribution in [3.63, 3.8) is 0 Å². The number of aromatic nitrogens is 4. The van der Waals surface area contributed by atoms with Crippen molar-refractivity contribution in [2.75, 3.05) is 357 Å². The van der Waals surface area contributed by atoms with Crippen molar-refractivity contribution in [1.82, 2.24) is 24.6 Å². The summed E-state index contributed by atoms with van der Waals surface area (Å²) in [6.45, 7) is 35.7. The number of unbranched alkanes of at least 4 members (excludes halogenated alkanes) is 1. The molecule has 2 aromatic heterocycles. The number of hydrogen-bond acceptors (Lipinski definition) is 35. The van der Waals surface area contributed by atoms with E-state index in [1.165, 1.54) is 0 Å². The molecule has 0 spiro atoms. The first-order chi connectivity index (χ1) is 63.8. The number of benzene rings is 2. The van der Waals surface area contributed by atoms with E-state index in [1.807, 2.05) is 75.9 Å². The van der Waals surface area contributed by atoms with Crippen LogP contribution in [-0.4, -0.2) is 394 Å². The molecule has 0 bridgehead atoms. The summed E-state index contributed by atoms with van der Waals surface area (Å²) in [7, 11) is 6.60. The molecule has 39 nitrogen and oxygen atoms in total. The second kappa shape index (κ2) is 77.7. The molecule has 2 aromatic carbocycles. The van der Waals surface area contributed by atoms with Crippen LogP contribution in [0.1, 0.15) is 97.0 Å². The van der Waals surface area contributed by atoms with E-state index in [0.29, 0.717) is 383 Å². The van der Waals surface area contributed by atoms with Crippen LogP contribution in [-0.2, 0) is 140 Å². The van der Waals surface area contributed by atoms with Gasteiger partial charge >= 0.3 is 6.09 Å². The Kier molecular flexibility index (Phi) is 68.1. The van der Waals surface area contributed by atoms with Crippen LogP contribution in [0, 0.1) is 11.8 Å². The van der Waals surface area contributed by atoms with Gasteiger partial charge < -0.3 is 152 Å². The summed E-state index contributed by atoms with van der Waals surface area (Å²) >= 11 is 0. The summed E-state index contributed by atoms with van der Waals surface area (Å²) in [5, 5.41) is 13.2. The Morgan fingerprint density at radius 1 is 0.446 bits per heavy atom. The van der Waals surface area contributed by atoms with Crippen molar-refractivity contribution in [1.29, 1.82) is 0 Å². The molecule has 4 aromatic rings. The molecule has 0 saturated heterocycles. The lowest BCUT2D eigenvalue weighted by molar-refractivity contribution is -0.0319.